The van der Waals surface area contributed by atoms with Gasteiger partial charge in [0.2, 0.25) is 5.91 Å². The fraction of sp³-hybridized carbons (Fsp3) is 0.375. The Hall–Kier alpha value is -1.92. The number of halogens is 2. The SMILES string of the molecule is Cc1[nH]nc(NC(=O)C2CC(F)(CO)C2)c1-c1cccc(Cl)c1. The normalized spacial score (nSPS) is 23.4. The second-order valence-corrected chi connectivity index (χ2v) is 6.42. The van der Waals surface area contributed by atoms with Crippen LogP contribution in [0, 0.1) is 12.8 Å². The van der Waals surface area contributed by atoms with Gasteiger partial charge < -0.3 is 10.4 Å². The van der Waals surface area contributed by atoms with Crippen molar-refractivity contribution in [3.8, 4) is 11.1 Å². The molecule has 1 heterocycles. The van der Waals surface area contributed by atoms with Crippen LogP contribution in [0.25, 0.3) is 11.1 Å². The molecule has 1 amide bonds. The van der Waals surface area contributed by atoms with E-state index in [1.807, 2.05) is 19.1 Å². The molecule has 0 atom stereocenters. The summed E-state index contributed by atoms with van der Waals surface area (Å²) in [5.74, 6) is -0.340. The van der Waals surface area contributed by atoms with Crippen LogP contribution in [0.1, 0.15) is 18.5 Å². The van der Waals surface area contributed by atoms with Gasteiger partial charge in [0.25, 0.3) is 0 Å². The monoisotopic (exact) mass is 337 g/mol. The number of alkyl halides is 1. The number of anilines is 1. The number of rotatable bonds is 4. The lowest BCUT2D eigenvalue weighted by atomic mass is 9.72. The maximum absolute atomic E-state index is 13.7. The van der Waals surface area contributed by atoms with E-state index >= 15 is 0 Å². The Kier molecular flexibility index (Phi) is 4.12. The molecular formula is C16H17ClFN3O2. The van der Waals surface area contributed by atoms with Crippen LogP contribution >= 0.6 is 11.6 Å². The van der Waals surface area contributed by atoms with E-state index < -0.39 is 18.2 Å². The second-order valence-electron chi connectivity index (χ2n) is 5.99. The molecule has 7 heteroatoms. The highest BCUT2D eigenvalue weighted by Crippen LogP contribution is 2.41. The number of amides is 1. The third-order valence-corrected chi connectivity index (χ3v) is 4.42. The lowest BCUT2D eigenvalue weighted by Crippen LogP contribution is -2.47. The fourth-order valence-corrected chi connectivity index (χ4v) is 3.06. The molecule has 3 N–H and O–H groups in total. The minimum absolute atomic E-state index is 0.0330. The Balaban J connectivity index is 1.79. The molecule has 2 aromatic rings. The van der Waals surface area contributed by atoms with Crippen LogP contribution in [0.3, 0.4) is 0 Å². The summed E-state index contributed by atoms with van der Waals surface area (Å²) in [6.45, 7) is 1.30. The van der Waals surface area contributed by atoms with E-state index in [-0.39, 0.29) is 18.7 Å². The maximum Gasteiger partial charge on any atom is 0.228 e. The zero-order valence-corrected chi connectivity index (χ0v) is 13.3. The summed E-state index contributed by atoms with van der Waals surface area (Å²) in [4.78, 5) is 12.2. The lowest BCUT2D eigenvalue weighted by Gasteiger charge is -2.38. The standard InChI is InChI=1S/C16H17ClFN3O2/c1-9-13(10-3-2-4-12(17)5-10)14(21-20-9)19-15(23)11-6-16(18,7-11)8-22/h2-5,11,22H,6-8H2,1H3,(H2,19,20,21,23). The summed E-state index contributed by atoms with van der Waals surface area (Å²) in [5, 5.41) is 19.2. The van der Waals surface area contributed by atoms with Crippen LogP contribution < -0.4 is 5.32 Å². The number of hydrogen-bond acceptors (Lipinski definition) is 3. The lowest BCUT2D eigenvalue weighted by molar-refractivity contribution is -0.131. The van der Waals surface area contributed by atoms with Crippen LogP contribution in [-0.4, -0.2) is 33.5 Å². The van der Waals surface area contributed by atoms with Gasteiger partial charge in [-0.2, -0.15) is 5.10 Å². The molecule has 0 unspecified atom stereocenters. The van der Waals surface area contributed by atoms with Crippen LogP contribution in [0.5, 0.6) is 0 Å². The second kappa shape index (κ2) is 5.94. The summed E-state index contributed by atoms with van der Waals surface area (Å²) in [6.07, 6.45) is 0.0659. The average Bonchev–Trinajstić information content (AvgIpc) is 2.84. The molecule has 0 saturated heterocycles. The van der Waals surface area contributed by atoms with E-state index in [2.05, 4.69) is 15.5 Å². The first-order chi connectivity index (χ1) is 10.9. The number of benzene rings is 1. The Labute approximate surface area is 137 Å². The van der Waals surface area contributed by atoms with Gasteiger partial charge in [0, 0.05) is 22.2 Å². The minimum atomic E-state index is -1.63. The van der Waals surface area contributed by atoms with Crippen molar-refractivity contribution in [2.45, 2.75) is 25.4 Å². The van der Waals surface area contributed by atoms with Gasteiger partial charge in [-0.3, -0.25) is 9.89 Å². The molecule has 1 aromatic carbocycles. The number of carbonyl (C=O) groups excluding carboxylic acids is 1. The molecule has 122 valence electrons. The summed E-state index contributed by atoms with van der Waals surface area (Å²) in [7, 11) is 0. The first kappa shape index (κ1) is 16.0. The topological polar surface area (TPSA) is 78.0 Å². The first-order valence-corrected chi connectivity index (χ1v) is 7.71. The van der Waals surface area contributed by atoms with E-state index in [1.165, 1.54) is 0 Å². The number of aryl methyl sites for hydroxylation is 1. The summed E-state index contributed by atoms with van der Waals surface area (Å²) in [6, 6.07) is 7.25. The molecule has 1 aliphatic carbocycles. The number of aliphatic hydroxyl groups excluding tert-OH is 1. The van der Waals surface area contributed by atoms with Crippen molar-refractivity contribution in [1.29, 1.82) is 0 Å². The molecule has 0 bridgehead atoms. The van der Waals surface area contributed by atoms with Gasteiger partial charge in [-0.05, 0) is 37.5 Å². The zero-order valence-electron chi connectivity index (χ0n) is 12.6. The largest absolute Gasteiger partial charge is 0.393 e. The van der Waals surface area contributed by atoms with E-state index in [9.17, 15) is 9.18 Å². The first-order valence-electron chi connectivity index (χ1n) is 7.33. The molecule has 1 fully saturated rings. The molecule has 3 rings (SSSR count). The predicted octanol–water partition coefficient (Wildman–Crippen LogP) is 3.09. The predicted molar refractivity (Wildman–Crippen MR) is 86.0 cm³/mol. The Morgan fingerprint density at radius 3 is 2.96 bits per heavy atom. The molecule has 23 heavy (non-hydrogen) atoms. The fourth-order valence-electron chi connectivity index (χ4n) is 2.87. The molecule has 1 aromatic heterocycles. The number of H-pyrrole nitrogens is 1. The number of aliphatic hydroxyl groups is 1. The highest BCUT2D eigenvalue weighted by atomic mass is 35.5. The van der Waals surface area contributed by atoms with Crippen LogP contribution in [0.4, 0.5) is 10.2 Å². The van der Waals surface area contributed by atoms with Gasteiger partial charge in [0.15, 0.2) is 5.82 Å². The molecule has 5 nitrogen and oxygen atoms in total. The van der Waals surface area contributed by atoms with Crippen molar-refractivity contribution < 1.29 is 14.3 Å². The highest BCUT2D eigenvalue weighted by Gasteiger charge is 2.47. The van der Waals surface area contributed by atoms with Gasteiger partial charge >= 0.3 is 0 Å². The molecule has 0 aliphatic heterocycles. The number of hydrogen-bond donors (Lipinski definition) is 3. The van der Waals surface area contributed by atoms with Gasteiger partial charge in [-0.1, -0.05) is 23.7 Å². The van der Waals surface area contributed by atoms with Gasteiger partial charge in [-0.15, -0.1) is 0 Å². The molecular weight excluding hydrogens is 321 g/mol. The van der Waals surface area contributed by atoms with Crippen molar-refractivity contribution in [2.75, 3.05) is 11.9 Å². The quantitative estimate of drug-likeness (QED) is 0.802. The van der Waals surface area contributed by atoms with Gasteiger partial charge in [-0.25, -0.2) is 4.39 Å². The highest BCUT2D eigenvalue weighted by molar-refractivity contribution is 6.30. The van der Waals surface area contributed by atoms with Gasteiger partial charge in [0.1, 0.15) is 5.67 Å². The van der Waals surface area contributed by atoms with Crippen LogP contribution in [0.15, 0.2) is 24.3 Å². The Morgan fingerprint density at radius 1 is 1.57 bits per heavy atom. The van der Waals surface area contributed by atoms with Crippen molar-refractivity contribution in [3.05, 3.63) is 35.0 Å². The molecule has 0 radical (unpaired) electrons. The number of aromatic nitrogens is 2. The van der Waals surface area contributed by atoms with E-state index in [4.69, 9.17) is 16.7 Å². The van der Waals surface area contributed by atoms with Gasteiger partial charge in [0.05, 0.1) is 6.61 Å². The van der Waals surface area contributed by atoms with E-state index in [1.54, 1.807) is 12.1 Å². The number of carbonyl (C=O) groups is 1. The molecule has 0 spiro atoms. The van der Waals surface area contributed by atoms with Crippen LogP contribution in [-0.2, 0) is 4.79 Å². The van der Waals surface area contributed by atoms with E-state index in [0.717, 1.165) is 16.8 Å². The molecule has 1 aliphatic rings. The average molecular weight is 338 g/mol. The van der Waals surface area contributed by atoms with Crippen molar-refractivity contribution >= 4 is 23.3 Å². The van der Waals surface area contributed by atoms with Crippen LogP contribution in [0.2, 0.25) is 5.02 Å². The maximum atomic E-state index is 13.7. The van der Waals surface area contributed by atoms with E-state index in [0.29, 0.717) is 10.8 Å². The van der Waals surface area contributed by atoms with Crippen molar-refractivity contribution in [3.63, 3.8) is 0 Å². The Morgan fingerprint density at radius 2 is 2.30 bits per heavy atom. The number of nitrogens with one attached hydrogen (secondary N) is 2. The number of aromatic amines is 1. The summed E-state index contributed by atoms with van der Waals surface area (Å²) in [5.41, 5.74) is 0.766. The van der Waals surface area contributed by atoms with Crippen molar-refractivity contribution in [1.82, 2.24) is 10.2 Å². The molecule has 1 saturated carbocycles. The minimum Gasteiger partial charge on any atom is -0.393 e. The third kappa shape index (κ3) is 3.09. The number of nitrogens with zero attached hydrogens (tertiary/aromatic N) is 1. The zero-order chi connectivity index (χ0) is 16.6. The summed E-state index contributed by atoms with van der Waals surface area (Å²) >= 11 is 6.02. The third-order valence-electron chi connectivity index (χ3n) is 4.18. The smallest absolute Gasteiger partial charge is 0.228 e. The van der Waals surface area contributed by atoms with Crippen molar-refractivity contribution in [2.24, 2.45) is 5.92 Å². The summed E-state index contributed by atoms with van der Waals surface area (Å²) < 4.78 is 13.7. The Bertz CT molecular complexity index is 741.